The summed E-state index contributed by atoms with van der Waals surface area (Å²) >= 11 is 0. The summed E-state index contributed by atoms with van der Waals surface area (Å²) in [5.74, 6) is 3.04. The normalized spacial score (nSPS) is 18.1. The minimum absolute atomic E-state index is 0.0993. The minimum atomic E-state index is 0.0993. The number of nitrogens with one attached hydrogen (secondary N) is 1. The van der Waals surface area contributed by atoms with Crippen molar-refractivity contribution >= 4 is 5.69 Å². The third kappa shape index (κ3) is 8.86. The van der Waals surface area contributed by atoms with E-state index in [-0.39, 0.29) is 6.10 Å². The highest BCUT2D eigenvalue weighted by Gasteiger charge is 2.27. The first-order chi connectivity index (χ1) is 21.2. The van der Waals surface area contributed by atoms with E-state index in [0.29, 0.717) is 39.0 Å². The molecule has 2 atom stereocenters. The second kappa shape index (κ2) is 16.5. The topological polar surface area (TPSA) is 70.7 Å². The van der Waals surface area contributed by atoms with Crippen LogP contribution in [0.4, 0.5) is 5.69 Å². The lowest BCUT2D eigenvalue weighted by Gasteiger charge is -2.33. The molecule has 1 N–H and O–H groups in total. The quantitative estimate of drug-likeness (QED) is 0.228. The molecule has 0 aliphatic carbocycles. The number of methoxy groups -OCH3 is 2. The summed E-state index contributed by atoms with van der Waals surface area (Å²) in [5.41, 5.74) is 4.76. The second-order valence-electron chi connectivity index (χ2n) is 11.0. The molecule has 3 aromatic carbocycles. The molecule has 2 unspecified atom stereocenters. The van der Waals surface area contributed by atoms with Crippen LogP contribution in [0.15, 0.2) is 66.7 Å². The van der Waals surface area contributed by atoms with E-state index in [1.54, 1.807) is 14.2 Å². The number of rotatable bonds is 16. The molecule has 8 nitrogen and oxygen atoms in total. The average Bonchev–Trinajstić information content (AvgIpc) is 3.06. The van der Waals surface area contributed by atoms with E-state index in [1.165, 1.54) is 11.1 Å². The van der Waals surface area contributed by atoms with Gasteiger partial charge in [0.2, 0.25) is 0 Å². The van der Waals surface area contributed by atoms with Gasteiger partial charge < -0.3 is 38.6 Å². The maximum Gasteiger partial charge on any atom is 0.142 e. The SMILES string of the molecule is COCCCN1CCOc2ccc(COC3CNCCC3c3ccc(OCCOCCc4ccccc4OC)cc3)cc21. The summed E-state index contributed by atoms with van der Waals surface area (Å²) in [6, 6.07) is 23.0. The lowest BCUT2D eigenvalue weighted by molar-refractivity contribution is 0.0106. The number of nitrogens with zero attached hydrogens (tertiary/aromatic N) is 1. The van der Waals surface area contributed by atoms with Crippen molar-refractivity contribution in [2.24, 2.45) is 0 Å². The van der Waals surface area contributed by atoms with Crippen LogP contribution in [-0.4, -0.2) is 79.5 Å². The minimum Gasteiger partial charge on any atom is -0.496 e. The lowest BCUT2D eigenvalue weighted by Crippen LogP contribution is -2.41. The van der Waals surface area contributed by atoms with Crippen LogP contribution in [0.3, 0.4) is 0 Å². The van der Waals surface area contributed by atoms with Crippen LogP contribution in [-0.2, 0) is 27.2 Å². The van der Waals surface area contributed by atoms with E-state index < -0.39 is 0 Å². The zero-order valence-corrected chi connectivity index (χ0v) is 25.6. The van der Waals surface area contributed by atoms with Gasteiger partial charge in [-0.1, -0.05) is 36.4 Å². The van der Waals surface area contributed by atoms with Crippen molar-refractivity contribution in [1.29, 1.82) is 0 Å². The van der Waals surface area contributed by atoms with Crippen molar-refractivity contribution in [2.45, 2.75) is 37.9 Å². The maximum absolute atomic E-state index is 6.54. The summed E-state index contributed by atoms with van der Waals surface area (Å²) in [7, 11) is 3.45. The fourth-order valence-electron chi connectivity index (χ4n) is 5.85. The van der Waals surface area contributed by atoms with E-state index in [1.807, 2.05) is 18.2 Å². The van der Waals surface area contributed by atoms with E-state index in [2.05, 4.69) is 58.7 Å². The van der Waals surface area contributed by atoms with Gasteiger partial charge in [-0.2, -0.15) is 0 Å². The molecular weight excluding hydrogens is 544 g/mol. The summed E-state index contributed by atoms with van der Waals surface area (Å²) in [4.78, 5) is 2.39. The number of ether oxygens (including phenoxy) is 6. The number of fused-ring (bicyclic) bond motifs is 1. The van der Waals surface area contributed by atoms with Gasteiger partial charge in [0.15, 0.2) is 0 Å². The number of anilines is 1. The average molecular weight is 591 g/mol. The summed E-state index contributed by atoms with van der Waals surface area (Å²) in [6.07, 6.45) is 2.94. The smallest absolute Gasteiger partial charge is 0.142 e. The highest BCUT2D eigenvalue weighted by Crippen LogP contribution is 2.34. The maximum atomic E-state index is 6.54. The Morgan fingerprint density at radius 2 is 1.84 bits per heavy atom. The Kier molecular flexibility index (Phi) is 12.0. The Hall–Kier alpha value is -3.30. The predicted molar refractivity (Wildman–Crippen MR) is 169 cm³/mol. The molecule has 8 heteroatoms. The number of hydrogen-bond donors (Lipinski definition) is 1. The van der Waals surface area contributed by atoms with E-state index in [4.69, 9.17) is 28.4 Å². The molecule has 0 radical (unpaired) electrons. The van der Waals surface area contributed by atoms with Crippen molar-refractivity contribution in [1.82, 2.24) is 5.32 Å². The second-order valence-corrected chi connectivity index (χ2v) is 11.0. The van der Waals surface area contributed by atoms with Crippen molar-refractivity contribution in [3.63, 3.8) is 0 Å². The van der Waals surface area contributed by atoms with Crippen LogP contribution in [0.2, 0.25) is 0 Å². The zero-order valence-electron chi connectivity index (χ0n) is 25.6. The first-order valence-corrected chi connectivity index (χ1v) is 15.5. The van der Waals surface area contributed by atoms with E-state index in [0.717, 1.165) is 80.5 Å². The van der Waals surface area contributed by atoms with Gasteiger partial charge in [-0.3, -0.25) is 0 Å². The molecule has 1 saturated heterocycles. The van der Waals surface area contributed by atoms with Gasteiger partial charge in [0.1, 0.15) is 30.5 Å². The first kappa shape index (κ1) is 31.1. The van der Waals surface area contributed by atoms with Crippen LogP contribution in [0.1, 0.15) is 35.4 Å². The Morgan fingerprint density at radius 1 is 0.953 bits per heavy atom. The van der Waals surface area contributed by atoms with Crippen LogP contribution in [0, 0.1) is 0 Å². The van der Waals surface area contributed by atoms with Crippen LogP contribution < -0.4 is 24.4 Å². The summed E-state index contributed by atoms with van der Waals surface area (Å²) < 4.78 is 34.9. The molecule has 0 spiro atoms. The molecule has 1 fully saturated rings. The zero-order chi connectivity index (χ0) is 29.7. The number of piperidine rings is 1. The van der Waals surface area contributed by atoms with Crippen LogP contribution in [0.5, 0.6) is 17.2 Å². The van der Waals surface area contributed by atoms with Crippen LogP contribution in [0.25, 0.3) is 0 Å². The van der Waals surface area contributed by atoms with Crippen molar-refractivity contribution < 1.29 is 28.4 Å². The standard InChI is InChI=1S/C35H46N2O6/c1-38-19-5-17-37-18-21-42-34-13-8-27(24-32(34)37)26-43-35-25-36-16-14-31(35)28-9-11-30(12-10-28)41-23-22-40-20-15-29-6-3-4-7-33(29)39-2/h3-4,6-13,24,31,35-36H,5,14-23,25-26H2,1-2H3. The number of para-hydroxylation sites is 1. The van der Waals surface area contributed by atoms with E-state index in [9.17, 15) is 0 Å². The molecule has 5 rings (SSSR count). The Bertz CT molecular complexity index is 1250. The van der Waals surface area contributed by atoms with E-state index >= 15 is 0 Å². The van der Waals surface area contributed by atoms with Crippen molar-refractivity contribution in [2.75, 3.05) is 78.3 Å². The van der Waals surface area contributed by atoms with Gasteiger partial charge in [0.25, 0.3) is 0 Å². The molecule has 232 valence electrons. The van der Waals surface area contributed by atoms with Crippen LogP contribution >= 0.6 is 0 Å². The highest BCUT2D eigenvalue weighted by molar-refractivity contribution is 5.61. The third-order valence-electron chi connectivity index (χ3n) is 8.16. The molecule has 0 amide bonds. The van der Waals surface area contributed by atoms with Gasteiger partial charge in [0, 0.05) is 32.7 Å². The number of benzene rings is 3. The largest absolute Gasteiger partial charge is 0.496 e. The molecule has 2 aliphatic rings. The molecule has 3 aromatic rings. The molecular formula is C35H46N2O6. The van der Waals surface area contributed by atoms with Gasteiger partial charge in [-0.25, -0.2) is 0 Å². The predicted octanol–water partition coefficient (Wildman–Crippen LogP) is 5.23. The first-order valence-electron chi connectivity index (χ1n) is 15.5. The van der Waals surface area contributed by atoms with Gasteiger partial charge in [0.05, 0.1) is 45.3 Å². The van der Waals surface area contributed by atoms with Crippen molar-refractivity contribution in [3.05, 3.63) is 83.4 Å². The van der Waals surface area contributed by atoms with Gasteiger partial charge in [-0.15, -0.1) is 0 Å². The molecule has 0 bridgehead atoms. The monoisotopic (exact) mass is 590 g/mol. The number of hydrogen-bond acceptors (Lipinski definition) is 8. The molecule has 0 saturated carbocycles. The molecule has 43 heavy (non-hydrogen) atoms. The van der Waals surface area contributed by atoms with Crippen molar-refractivity contribution in [3.8, 4) is 17.2 Å². The fraction of sp³-hybridized carbons (Fsp3) is 0.486. The van der Waals surface area contributed by atoms with Gasteiger partial charge >= 0.3 is 0 Å². The Balaban J connectivity index is 1.08. The summed E-state index contributed by atoms with van der Waals surface area (Å²) in [6.45, 7) is 7.42. The molecule has 0 aromatic heterocycles. The van der Waals surface area contributed by atoms with Gasteiger partial charge in [-0.05, 0) is 72.8 Å². The lowest BCUT2D eigenvalue weighted by atomic mass is 9.87. The fourth-order valence-corrected chi connectivity index (χ4v) is 5.85. The molecule has 2 heterocycles. The highest BCUT2D eigenvalue weighted by atomic mass is 16.5. The molecule has 2 aliphatic heterocycles. The third-order valence-corrected chi connectivity index (χ3v) is 8.16. The summed E-state index contributed by atoms with van der Waals surface area (Å²) in [5, 5.41) is 3.52. The Morgan fingerprint density at radius 3 is 2.70 bits per heavy atom. The Labute approximate surface area is 256 Å².